The first-order chi connectivity index (χ1) is 13.4. The second kappa shape index (κ2) is 8.87. The second-order valence-electron chi connectivity index (χ2n) is 6.86. The first-order valence-corrected chi connectivity index (χ1v) is 10.7. The molecule has 1 saturated heterocycles. The molecule has 0 aliphatic carbocycles. The molecule has 28 heavy (non-hydrogen) atoms. The van der Waals surface area contributed by atoms with Crippen molar-refractivity contribution in [3.05, 3.63) is 48.4 Å². The number of hydrogen-bond acceptors (Lipinski definition) is 5. The van der Waals surface area contributed by atoms with Crippen molar-refractivity contribution in [3.8, 4) is 0 Å². The molecule has 1 aliphatic heterocycles. The molecule has 2 aromatic rings. The standard InChI is InChI=1S/C19H25N3O5S/c1-15(21(2)14-17-6-4-10-27-17)19(23)20-16-5-3-7-18(13-16)28(24,25)22-8-11-26-12-9-22/h3-7,10,13,15H,8-9,11-12,14H2,1-2H3,(H,20,23)/p+1/t15-/m1/s1. The molecule has 8 nitrogen and oxygen atoms in total. The Balaban J connectivity index is 1.67. The quantitative estimate of drug-likeness (QED) is 0.689. The van der Waals surface area contributed by atoms with Gasteiger partial charge in [-0.25, -0.2) is 8.42 Å². The van der Waals surface area contributed by atoms with Gasteiger partial charge in [-0.1, -0.05) is 6.07 Å². The number of morpholine rings is 1. The Morgan fingerprint density at radius 2 is 2.00 bits per heavy atom. The molecule has 9 heteroatoms. The van der Waals surface area contributed by atoms with Gasteiger partial charge in [-0.3, -0.25) is 4.79 Å². The third-order valence-corrected chi connectivity index (χ3v) is 6.77. The molecule has 0 saturated carbocycles. The van der Waals surface area contributed by atoms with Crippen LogP contribution < -0.4 is 10.2 Å². The topological polar surface area (TPSA) is 93.3 Å². The molecular weight excluding hydrogens is 382 g/mol. The predicted molar refractivity (Wildman–Crippen MR) is 103 cm³/mol. The summed E-state index contributed by atoms with van der Waals surface area (Å²) in [6, 6.07) is 9.69. The number of ether oxygens (including phenoxy) is 1. The first-order valence-electron chi connectivity index (χ1n) is 9.21. The Hall–Kier alpha value is -2.20. The van der Waals surface area contributed by atoms with Gasteiger partial charge in [-0.05, 0) is 37.3 Å². The minimum Gasteiger partial charge on any atom is -0.463 e. The van der Waals surface area contributed by atoms with E-state index < -0.39 is 10.0 Å². The predicted octanol–water partition coefficient (Wildman–Crippen LogP) is 0.342. The van der Waals surface area contributed by atoms with Crippen LogP contribution in [0.2, 0.25) is 0 Å². The van der Waals surface area contributed by atoms with E-state index in [1.165, 1.54) is 16.4 Å². The van der Waals surface area contributed by atoms with Crippen LogP contribution in [0.25, 0.3) is 0 Å². The summed E-state index contributed by atoms with van der Waals surface area (Å²) in [6.45, 7) is 3.83. The normalized spacial score (nSPS) is 17.8. The maximum atomic E-state index is 12.8. The van der Waals surface area contributed by atoms with Crippen molar-refractivity contribution < 1.29 is 27.3 Å². The van der Waals surface area contributed by atoms with Crippen molar-refractivity contribution in [2.45, 2.75) is 24.4 Å². The molecule has 1 aromatic heterocycles. The third-order valence-electron chi connectivity index (χ3n) is 4.88. The summed E-state index contributed by atoms with van der Waals surface area (Å²) in [5.74, 6) is 0.612. The number of quaternary nitrogens is 1. The van der Waals surface area contributed by atoms with Crippen molar-refractivity contribution in [2.75, 3.05) is 38.7 Å². The number of likely N-dealkylation sites (N-methyl/N-ethyl adjacent to an activating group) is 1. The number of sulfonamides is 1. The van der Waals surface area contributed by atoms with Crippen LogP contribution in [0.5, 0.6) is 0 Å². The van der Waals surface area contributed by atoms with E-state index in [0.717, 1.165) is 10.7 Å². The summed E-state index contributed by atoms with van der Waals surface area (Å²) >= 11 is 0. The first kappa shape index (κ1) is 20.5. The fourth-order valence-electron chi connectivity index (χ4n) is 2.99. The molecule has 1 aromatic carbocycles. The number of carbonyl (C=O) groups is 1. The molecule has 1 amide bonds. The highest BCUT2D eigenvalue weighted by Crippen LogP contribution is 2.20. The highest BCUT2D eigenvalue weighted by atomic mass is 32.2. The molecule has 2 N–H and O–H groups in total. The van der Waals surface area contributed by atoms with Gasteiger partial charge >= 0.3 is 0 Å². The van der Waals surface area contributed by atoms with Crippen LogP contribution in [-0.2, 0) is 26.1 Å². The minimum absolute atomic E-state index is 0.163. The molecule has 0 bridgehead atoms. The molecule has 1 fully saturated rings. The maximum absolute atomic E-state index is 12.8. The van der Waals surface area contributed by atoms with Gasteiger partial charge in [0.15, 0.2) is 11.8 Å². The smallest absolute Gasteiger partial charge is 0.282 e. The average Bonchev–Trinajstić information content (AvgIpc) is 3.21. The highest BCUT2D eigenvalue weighted by molar-refractivity contribution is 7.89. The van der Waals surface area contributed by atoms with E-state index in [0.29, 0.717) is 38.5 Å². The van der Waals surface area contributed by atoms with Gasteiger partial charge in [0.25, 0.3) is 5.91 Å². The molecule has 2 atom stereocenters. The van der Waals surface area contributed by atoms with Crippen LogP contribution in [0.15, 0.2) is 52.0 Å². The molecular formula is C19H26N3O5S+. The zero-order chi connectivity index (χ0) is 20.1. The summed E-state index contributed by atoms with van der Waals surface area (Å²) in [4.78, 5) is 13.7. The van der Waals surface area contributed by atoms with Crippen molar-refractivity contribution >= 4 is 21.6 Å². The summed E-state index contributed by atoms with van der Waals surface area (Å²) < 4.78 is 37.5. The molecule has 0 spiro atoms. The SMILES string of the molecule is C[C@H](C(=O)Nc1cccc(S(=O)(=O)N2CCOCC2)c1)[NH+](C)Cc1ccco1. The lowest BCUT2D eigenvalue weighted by molar-refractivity contribution is -0.908. The number of benzene rings is 1. The van der Waals surface area contributed by atoms with Gasteiger partial charge in [0, 0.05) is 18.8 Å². The van der Waals surface area contributed by atoms with Gasteiger partial charge in [0.1, 0.15) is 6.54 Å². The largest absolute Gasteiger partial charge is 0.463 e. The number of furan rings is 1. The Labute approximate surface area is 165 Å². The third kappa shape index (κ3) is 4.79. The van der Waals surface area contributed by atoms with Gasteiger partial charge in [-0.15, -0.1) is 0 Å². The number of amides is 1. The van der Waals surface area contributed by atoms with E-state index in [9.17, 15) is 13.2 Å². The molecule has 152 valence electrons. The maximum Gasteiger partial charge on any atom is 0.282 e. The van der Waals surface area contributed by atoms with E-state index in [4.69, 9.17) is 9.15 Å². The Bertz CT molecular complexity index is 892. The number of hydrogen-bond donors (Lipinski definition) is 2. The average molecular weight is 409 g/mol. The number of rotatable bonds is 7. The molecule has 1 aliphatic rings. The summed E-state index contributed by atoms with van der Waals surface area (Å²) in [6.07, 6.45) is 1.60. The fraction of sp³-hybridized carbons (Fsp3) is 0.421. The van der Waals surface area contributed by atoms with Crippen LogP contribution in [0.3, 0.4) is 0 Å². The van der Waals surface area contributed by atoms with E-state index in [1.807, 2.05) is 26.1 Å². The number of anilines is 1. The van der Waals surface area contributed by atoms with E-state index in [2.05, 4.69) is 5.32 Å². The monoisotopic (exact) mass is 408 g/mol. The van der Waals surface area contributed by atoms with Crippen molar-refractivity contribution in [2.24, 2.45) is 0 Å². The van der Waals surface area contributed by atoms with Gasteiger partial charge in [-0.2, -0.15) is 4.31 Å². The number of nitrogens with zero attached hydrogens (tertiary/aromatic N) is 1. The lowest BCUT2D eigenvalue weighted by Crippen LogP contribution is -3.12. The van der Waals surface area contributed by atoms with Crippen molar-refractivity contribution in [1.29, 1.82) is 0 Å². The van der Waals surface area contributed by atoms with E-state index >= 15 is 0 Å². The van der Waals surface area contributed by atoms with Gasteiger partial charge in [0.05, 0.1) is 31.4 Å². The van der Waals surface area contributed by atoms with Crippen LogP contribution in [0, 0.1) is 0 Å². The Kier molecular flexibility index (Phi) is 6.50. The van der Waals surface area contributed by atoms with Gasteiger partial charge in [0.2, 0.25) is 10.0 Å². The second-order valence-corrected chi connectivity index (χ2v) is 8.80. The van der Waals surface area contributed by atoms with Crippen LogP contribution in [0.4, 0.5) is 5.69 Å². The molecule has 0 radical (unpaired) electrons. The molecule has 1 unspecified atom stereocenters. The Morgan fingerprint density at radius 1 is 1.25 bits per heavy atom. The minimum atomic E-state index is -3.61. The molecule has 2 heterocycles. The zero-order valence-corrected chi connectivity index (χ0v) is 16.9. The van der Waals surface area contributed by atoms with Crippen molar-refractivity contribution in [1.82, 2.24) is 4.31 Å². The zero-order valence-electron chi connectivity index (χ0n) is 16.1. The van der Waals surface area contributed by atoms with Gasteiger partial charge < -0.3 is 19.4 Å². The summed E-state index contributed by atoms with van der Waals surface area (Å²) in [5.41, 5.74) is 0.456. The highest BCUT2D eigenvalue weighted by Gasteiger charge is 2.27. The van der Waals surface area contributed by atoms with Crippen molar-refractivity contribution in [3.63, 3.8) is 0 Å². The number of carbonyl (C=O) groups excluding carboxylic acids is 1. The number of nitrogens with one attached hydrogen (secondary N) is 2. The van der Waals surface area contributed by atoms with Crippen LogP contribution >= 0.6 is 0 Å². The summed E-state index contributed by atoms with van der Waals surface area (Å²) in [5, 5.41) is 2.82. The Morgan fingerprint density at radius 3 is 2.68 bits per heavy atom. The fourth-order valence-corrected chi connectivity index (χ4v) is 4.44. The lowest BCUT2D eigenvalue weighted by Gasteiger charge is -2.26. The summed E-state index contributed by atoms with van der Waals surface area (Å²) in [7, 11) is -1.70. The van der Waals surface area contributed by atoms with E-state index in [1.54, 1.807) is 18.4 Å². The lowest BCUT2D eigenvalue weighted by atomic mass is 10.2. The van der Waals surface area contributed by atoms with E-state index in [-0.39, 0.29) is 16.8 Å². The molecule has 3 rings (SSSR count). The van der Waals surface area contributed by atoms with Crippen LogP contribution in [-0.4, -0.2) is 58.0 Å². The van der Waals surface area contributed by atoms with Crippen LogP contribution in [0.1, 0.15) is 12.7 Å².